The fraction of sp³-hybridized carbons (Fsp3) is 0.429. The van der Waals surface area contributed by atoms with Gasteiger partial charge in [0.15, 0.2) is 0 Å². The molecule has 96 valence electrons. The molecular weight excluding hydrogens is 244 g/mol. The van der Waals surface area contributed by atoms with Crippen LogP contribution in [0.25, 0.3) is 0 Å². The zero-order chi connectivity index (χ0) is 13.0. The number of aliphatic imine (C=N–C) groups is 1. The van der Waals surface area contributed by atoms with Crippen LogP contribution in [0.2, 0.25) is 0 Å². The maximum absolute atomic E-state index is 11.5. The average molecular weight is 262 g/mol. The number of nitrogens with zero attached hydrogens (tertiary/aromatic N) is 2. The van der Waals surface area contributed by atoms with Crippen molar-refractivity contribution in [2.45, 2.75) is 11.2 Å². The highest BCUT2D eigenvalue weighted by molar-refractivity contribution is 8.01. The third-order valence-electron chi connectivity index (χ3n) is 2.99. The molecule has 0 bridgehead atoms. The summed E-state index contributed by atoms with van der Waals surface area (Å²) in [4.78, 5) is 18.0. The summed E-state index contributed by atoms with van der Waals surface area (Å²) >= 11 is 1.67. The SMILES string of the molecule is CN(C)CCCSC1(C=O)C=Nc2ccccc21. The van der Waals surface area contributed by atoms with Crippen LogP contribution in [-0.2, 0) is 9.54 Å². The molecule has 0 saturated carbocycles. The van der Waals surface area contributed by atoms with Gasteiger partial charge in [0.1, 0.15) is 11.0 Å². The molecule has 1 heterocycles. The van der Waals surface area contributed by atoms with E-state index >= 15 is 0 Å². The molecule has 0 aliphatic carbocycles. The van der Waals surface area contributed by atoms with Crippen molar-refractivity contribution in [3.8, 4) is 0 Å². The Labute approximate surface area is 112 Å². The summed E-state index contributed by atoms with van der Waals surface area (Å²) in [5.41, 5.74) is 1.94. The second-order valence-corrected chi connectivity index (χ2v) is 6.06. The minimum absolute atomic E-state index is 0.567. The van der Waals surface area contributed by atoms with Crippen molar-refractivity contribution in [3.63, 3.8) is 0 Å². The Morgan fingerprint density at radius 2 is 2.17 bits per heavy atom. The van der Waals surface area contributed by atoms with E-state index < -0.39 is 4.75 Å². The number of aldehydes is 1. The largest absolute Gasteiger partial charge is 0.309 e. The number of thioether (sulfide) groups is 1. The number of fused-ring (bicyclic) bond motifs is 1. The molecule has 0 aromatic heterocycles. The number of para-hydroxylation sites is 1. The van der Waals surface area contributed by atoms with E-state index in [0.29, 0.717) is 0 Å². The van der Waals surface area contributed by atoms with Gasteiger partial charge in [0, 0.05) is 11.8 Å². The predicted octanol–water partition coefficient (Wildman–Crippen LogP) is 2.48. The molecule has 1 aliphatic rings. The average Bonchev–Trinajstić information content (AvgIpc) is 2.75. The van der Waals surface area contributed by atoms with Gasteiger partial charge in [-0.3, -0.25) is 4.99 Å². The Morgan fingerprint density at radius 3 is 2.89 bits per heavy atom. The molecule has 0 fully saturated rings. The molecule has 0 saturated heterocycles. The van der Waals surface area contributed by atoms with Gasteiger partial charge in [0.05, 0.1) is 5.69 Å². The van der Waals surface area contributed by atoms with Crippen molar-refractivity contribution < 1.29 is 4.79 Å². The summed E-state index contributed by atoms with van der Waals surface area (Å²) in [6.45, 7) is 1.04. The lowest BCUT2D eigenvalue weighted by Gasteiger charge is -2.20. The van der Waals surface area contributed by atoms with Crippen LogP contribution in [-0.4, -0.2) is 43.8 Å². The van der Waals surface area contributed by atoms with Crippen LogP contribution in [0.5, 0.6) is 0 Å². The Bertz CT molecular complexity index is 459. The first-order chi connectivity index (χ1) is 8.68. The van der Waals surface area contributed by atoms with Crippen LogP contribution in [0.15, 0.2) is 29.3 Å². The molecule has 0 radical (unpaired) electrons. The first-order valence-electron chi connectivity index (χ1n) is 6.08. The number of benzene rings is 1. The van der Waals surface area contributed by atoms with Crippen LogP contribution in [0, 0.1) is 0 Å². The normalized spacial score (nSPS) is 21.3. The molecule has 2 rings (SSSR count). The monoisotopic (exact) mass is 262 g/mol. The predicted molar refractivity (Wildman–Crippen MR) is 78.0 cm³/mol. The molecule has 3 nitrogen and oxygen atoms in total. The summed E-state index contributed by atoms with van der Waals surface area (Å²) in [7, 11) is 4.12. The fourth-order valence-corrected chi connectivity index (χ4v) is 3.15. The van der Waals surface area contributed by atoms with Crippen LogP contribution < -0.4 is 0 Å². The Kier molecular flexibility index (Phi) is 4.19. The van der Waals surface area contributed by atoms with Gasteiger partial charge in [-0.25, -0.2) is 0 Å². The van der Waals surface area contributed by atoms with Gasteiger partial charge in [-0.15, -0.1) is 11.8 Å². The van der Waals surface area contributed by atoms with E-state index in [1.165, 1.54) is 0 Å². The van der Waals surface area contributed by atoms with Crippen molar-refractivity contribution in [2.75, 3.05) is 26.4 Å². The van der Waals surface area contributed by atoms with E-state index in [4.69, 9.17) is 0 Å². The Morgan fingerprint density at radius 1 is 1.39 bits per heavy atom. The van der Waals surface area contributed by atoms with Crippen molar-refractivity contribution in [2.24, 2.45) is 4.99 Å². The van der Waals surface area contributed by atoms with Crippen LogP contribution in [0.3, 0.4) is 0 Å². The van der Waals surface area contributed by atoms with E-state index in [2.05, 4.69) is 24.0 Å². The molecule has 0 spiro atoms. The highest BCUT2D eigenvalue weighted by Gasteiger charge is 2.36. The first kappa shape index (κ1) is 13.3. The lowest BCUT2D eigenvalue weighted by molar-refractivity contribution is -0.108. The smallest absolute Gasteiger partial charge is 0.146 e. The minimum atomic E-state index is -0.567. The van der Waals surface area contributed by atoms with Crippen molar-refractivity contribution >= 4 is 30.0 Å². The molecule has 1 aromatic rings. The van der Waals surface area contributed by atoms with E-state index in [9.17, 15) is 4.79 Å². The van der Waals surface area contributed by atoms with Gasteiger partial charge in [0.2, 0.25) is 0 Å². The first-order valence-corrected chi connectivity index (χ1v) is 7.06. The summed E-state index contributed by atoms with van der Waals surface area (Å²) in [5.74, 6) is 0.956. The van der Waals surface area contributed by atoms with Gasteiger partial charge in [-0.05, 0) is 38.9 Å². The molecule has 0 amide bonds. The second kappa shape index (κ2) is 5.67. The zero-order valence-electron chi connectivity index (χ0n) is 10.8. The minimum Gasteiger partial charge on any atom is -0.309 e. The van der Waals surface area contributed by atoms with Gasteiger partial charge in [0.25, 0.3) is 0 Å². The lowest BCUT2D eigenvalue weighted by Crippen LogP contribution is -2.24. The van der Waals surface area contributed by atoms with Crippen LogP contribution in [0.4, 0.5) is 5.69 Å². The topological polar surface area (TPSA) is 32.7 Å². The molecule has 1 aromatic carbocycles. The standard InChI is InChI=1S/C14H18N2OS/c1-16(2)8-5-9-18-14(11-17)10-15-13-7-4-3-6-12(13)14/h3-4,6-7,10-11H,5,8-9H2,1-2H3. The molecule has 1 atom stereocenters. The summed E-state index contributed by atoms with van der Waals surface area (Å²) in [6, 6.07) is 7.87. The maximum Gasteiger partial charge on any atom is 0.146 e. The van der Waals surface area contributed by atoms with Gasteiger partial charge < -0.3 is 9.69 Å². The summed E-state index contributed by atoms with van der Waals surface area (Å²) < 4.78 is -0.567. The maximum atomic E-state index is 11.5. The zero-order valence-corrected chi connectivity index (χ0v) is 11.6. The summed E-state index contributed by atoms with van der Waals surface area (Å²) in [6.07, 6.45) is 3.87. The third-order valence-corrected chi connectivity index (χ3v) is 4.38. The molecule has 4 heteroatoms. The van der Waals surface area contributed by atoms with Crippen LogP contribution in [0.1, 0.15) is 12.0 Å². The number of hydrogen-bond donors (Lipinski definition) is 0. The van der Waals surface area contributed by atoms with Gasteiger partial charge in [-0.1, -0.05) is 18.2 Å². The van der Waals surface area contributed by atoms with Gasteiger partial charge in [-0.2, -0.15) is 0 Å². The van der Waals surface area contributed by atoms with Gasteiger partial charge >= 0.3 is 0 Å². The van der Waals surface area contributed by atoms with Crippen molar-refractivity contribution in [1.29, 1.82) is 0 Å². The number of carbonyl (C=O) groups is 1. The van der Waals surface area contributed by atoms with E-state index in [1.54, 1.807) is 18.0 Å². The van der Waals surface area contributed by atoms with Crippen molar-refractivity contribution in [3.05, 3.63) is 29.8 Å². The van der Waals surface area contributed by atoms with E-state index in [-0.39, 0.29) is 0 Å². The number of carbonyl (C=O) groups excluding carboxylic acids is 1. The second-order valence-electron chi connectivity index (χ2n) is 4.69. The number of hydrogen-bond acceptors (Lipinski definition) is 4. The van der Waals surface area contributed by atoms with Crippen molar-refractivity contribution in [1.82, 2.24) is 4.90 Å². The molecular formula is C14H18N2OS. The highest BCUT2D eigenvalue weighted by Crippen LogP contribution is 2.43. The molecule has 0 N–H and O–H groups in total. The highest BCUT2D eigenvalue weighted by atomic mass is 32.2. The Balaban J connectivity index is 2.05. The summed E-state index contributed by atoms with van der Waals surface area (Å²) in [5, 5.41) is 0. The lowest BCUT2D eigenvalue weighted by atomic mass is 10.0. The Hall–Kier alpha value is -1.13. The van der Waals surface area contributed by atoms with Crippen LogP contribution >= 0.6 is 11.8 Å². The fourth-order valence-electron chi connectivity index (χ4n) is 2.02. The molecule has 18 heavy (non-hydrogen) atoms. The molecule has 1 aliphatic heterocycles. The third kappa shape index (κ3) is 2.65. The quantitative estimate of drug-likeness (QED) is 0.583. The number of rotatable bonds is 6. The van der Waals surface area contributed by atoms with E-state index in [0.717, 1.165) is 36.3 Å². The van der Waals surface area contributed by atoms with E-state index in [1.807, 2.05) is 24.3 Å². The molecule has 1 unspecified atom stereocenters.